The Bertz CT molecular complexity index is 439. The van der Waals surface area contributed by atoms with E-state index in [9.17, 15) is 9.18 Å². The number of halogens is 1. The Morgan fingerprint density at radius 1 is 1.71 bits per heavy atom. The molecule has 0 bridgehead atoms. The van der Waals surface area contributed by atoms with E-state index < -0.39 is 17.8 Å². The zero-order valence-electron chi connectivity index (χ0n) is 9.48. The largest absolute Gasteiger partial charge is 0.368 e. The van der Waals surface area contributed by atoms with Crippen molar-refractivity contribution in [2.45, 2.75) is 18.9 Å². The van der Waals surface area contributed by atoms with E-state index in [-0.39, 0.29) is 5.82 Å². The van der Waals surface area contributed by atoms with E-state index in [1.165, 1.54) is 0 Å². The van der Waals surface area contributed by atoms with Crippen LogP contribution in [0.25, 0.3) is 0 Å². The number of nitrogens with zero attached hydrogens (tertiary/aromatic N) is 3. The zero-order chi connectivity index (χ0) is 12.4. The third-order valence-corrected chi connectivity index (χ3v) is 2.80. The van der Waals surface area contributed by atoms with Crippen LogP contribution in [0.2, 0.25) is 0 Å². The fourth-order valence-electron chi connectivity index (χ4n) is 2.00. The van der Waals surface area contributed by atoms with E-state index in [0.29, 0.717) is 18.9 Å². The molecular weight excluding hydrogens is 225 g/mol. The molecule has 2 rings (SSSR count). The number of carbonyl (C=O) groups is 1. The van der Waals surface area contributed by atoms with Crippen molar-refractivity contribution in [1.29, 1.82) is 0 Å². The van der Waals surface area contributed by atoms with Crippen LogP contribution >= 0.6 is 0 Å². The maximum atomic E-state index is 13.6. The van der Waals surface area contributed by atoms with Crippen LogP contribution in [0.3, 0.4) is 0 Å². The second kappa shape index (κ2) is 4.52. The van der Waals surface area contributed by atoms with Gasteiger partial charge in [0.25, 0.3) is 0 Å². The Hall–Kier alpha value is -1.92. The van der Waals surface area contributed by atoms with Gasteiger partial charge in [-0.2, -0.15) is 4.98 Å². The molecule has 1 aromatic heterocycles. The average molecular weight is 239 g/mol. The van der Waals surface area contributed by atoms with Gasteiger partial charge in [0.1, 0.15) is 6.04 Å². The molecule has 1 unspecified atom stereocenters. The summed E-state index contributed by atoms with van der Waals surface area (Å²) in [6, 6.07) is -0.482. The van der Waals surface area contributed by atoms with E-state index in [1.807, 2.05) is 0 Å². The van der Waals surface area contributed by atoms with Gasteiger partial charge >= 0.3 is 0 Å². The van der Waals surface area contributed by atoms with Crippen LogP contribution in [0.1, 0.15) is 12.8 Å². The van der Waals surface area contributed by atoms with Gasteiger partial charge in [0, 0.05) is 13.6 Å². The number of rotatable bonds is 3. The van der Waals surface area contributed by atoms with Crippen LogP contribution < -0.4 is 16.0 Å². The second-order valence-corrected chi connectivity index (χ2v) is 3.87. The number of hydrogen-bond acceptors (Lipinski definition) is 5. The molecule has 6 nitrogen and oxygen atoms in total. The van der Waals surface area contributed by atoms with Gasteiger partial charge in [-0.1, -0.05) is 0 Å². The molecule has 0 saturated carbocycles. The average Bonchev–Trinajstić information content (AvgIpc) is 2.78. The van der Waals surface area contributed by atoms with Crippen LogP contribution in [0.5, 0.6) is 0 Å². The Morgan fingerprint density at radius 2 is 2.47 bits per heavy atom. The lowest BCUT2D eigenvalue weighted by molar-refractivity contribution is -0.119. The van der Waals surface area contributed by atoms with E-state index >= 15 is 0 Å². The van der Waals surface area contributed by atoms with Crippen molar-refractivity contribution in [3.05, 3.63) is 12.0 Å². The molecule has 1 aliphatic rings. The summed E-state index contributed by atoms with van der Waals surface area (Å²) in [7, 11) is 1.65. The monoisotopic (exact) mass is 239 g/mol. The lowest BCUT2D eigenvalue weighted by Gasteiger charge is -2.23. The van der Waals surface area contributed by atoms with Gasteiger partial charge in [-0.3, -0.25) is 4.79 Å². The number of hydrogen-bond donors (Lipinski definition) is 2. The molecule has 2 heterocycles. The number of amides is 1. The van der Waals surface area contributed by atoms with Crippen molar-refractivity contribution in [2.75, 3.05) is 23.8 Å². The minimum Gasteiger partial charge on any atom is -0.368 e. The summed E-state index contributed by atoms with van der Waals surface area (Å²) < 4.78 is 13.6. The van der Waals surface area contributed by atoms with Gasteiger partial charge in [0.05, 0.1) is 6.20 Å². The third kappa shape index (κ3) is 2.13. The first-order valence-electron chi connectivity index (χ1n) is 5.39. The molecule has 0 radical (unpaired) electrons. The highest BCUT2D eigenvalue weighted by Crippen LogP contribution is 2.26. The van der Waals surface area contributed by atoms with E-state index in [4.69, 9.17) is 5.73 Å². The van der Waals surface area contributed by atoms with Crippen molar-refractivity contribution in [3.63, 3.8) is 0 Å². The van der Waals surface area contributed by atoms with Gasteiger partial charge < -0.3 is 16.0 Å². The number of anilines is 2. The Morgan fingerprint density at radius 3 is 3.12 bits per heavy atom. The summed E-state index contributed by atoms with van der Waals surface area (Å²) in [5.74, 6) is -0.550. The molecule has 1 amide bonds. The van der Waals surface area contributed by atoms with Crippen LogP contribution in [0.4, 0.5) is 16.2 Å². The lowest BCUT2D eigenvalue weighted by Crippen LogP contribution is -2.41. The molecule has 1 saturated heterocycles. The Labute approximate surface area is 98.0 Å². The van der Waals surface area contributed by atoms with Crippen LogP contribution in [0, 0.1) is 5.82 Å². The molecule has 3 N–H and O–H groups in total. The van der Waals surface area contributed by atoms with Crippen molar-refractivity contribution >= 4 is 17.7 Å². The fourth-order valence-corrected chi connectivity index (χ4v) is 2.00. The van der Waals surface area contributed by atoms with Crippen LogP contribution in [-0.4, -0.2) is 35.5 Å². The quantitative estimate of drug-likeness (QED) is 0.782. The predicted molar refractivity (Wildman–Crippen MR) is 61.1 cm³/mol. The van der Waals surface area contributed by atoms with Gasteiger partial charge in [0.15, 0.2) is 11.6 Å². The minimum absolute atomic E-state index is 0.130. The molecule has 1 atom stereocenters. The Kier molecular flexibility index (Phi) is 3.08. The molecule has 0 spiro atoms. The first-order valence-corrected chi connectivity index (χ1v) is 5.39. The fraction of sp³-hybridized carbons (Fsp3) is 0.500. The van der Waals surface area contributed by atoms with Crippen LogP contribution in [-0.2, 0) is 4.79 Å². The van der Waals surface area contributed by atoms with Crippen molar-refractivity contribution in [3.8, 4) is 0 Å². The first kappa shape index (κ1) is 11.6. The number of nitrogens with two attached hydrogens (primary N) is 1. The maximum absolute atomic E-state index is 13.6. The summed E-state index contributed by atoms with van der Waals surface area (Å²) >= 11 is 0. The zero-order valence-corrected chi connectivity index (χ0v) is 9.48. The first-order chi connectivity index (χ1) is 8.13. The molecule has 1 aliphatic heterocycles. The van der Waals surface area contributed by atoms with Crippen molar-refractivity contribution < 1.29 is 9.18 Å². The standard InChI is InChI=1S/C10H14FN5O/c1-13-10-14-5-6(11)9(15-10)16-4-2-3-7(16)8(12)17/h5,7H,2-4H2,1H3,(H2,12,17)(H,13,14,15). The lowest BCUT2D eigenvalue weighted by atomic mass is 10.2. The summed E-state index contributed by atoms with van der Waals surface area (Å²) in [4.78, 5) is 20.6. The summed E-state index contributed by atoms with van der Waals surface area (Å²) in [6.07, 6.45) is 2.52. The molecule has 1 fully saturated rings. The molecule has 0 aromatic carbocycles. The molecule has 7 heteroatoms. The van der Waals surface area contributed by atoms with Gasteiger partial charge in [0.2, 0.25) is 11.9 Å². The van der Waals surface area contributed by atoms with Gasteiger partial charge in [-0.05, 0) is 12.8 Å². The molecule has 17 heavy (non-hydrogen) atoms. The molecular formula is C10H14FN5O. The molecule has 1 aromatic rings. The van der Waals surface area contributed by atoms with E-state index in [1.54, 1.807) is 11.9 Å². The second-order valence-electron chi connectivity index (χ2n) is 3.87. The van der Waals surface area contributed by atoms with Crippen molar-refractivity contribution in [2.24, 2.45) is 5.73 Å². The highest BCUT2D eigenvalue weighted by Gasteiger charge is 2.31. The maximum Gasteiger partial charge on any atom is 0.240 e. The van der Waals surface area contributed by atoms with Crippen LogP contribution in [0.15, 0.2) is 6.20 Å². The predicted octanol–water partition coefficient (Wildman–Crippen LogP) is 0.111. The van der Waals surface area contributed by atoms with Crippen molar-refractivity contribution in [1.82, 2.24) is 9.97 Å². The summed E-state index contributed by atoms with van der Waals surface area (Å²) in [6.45, 7) is 0.574. The van der Waals surface area contributed by atoms with E-state index in [0.717, 1.165) is 12.6 Å². The molecule has 0 aliphatic carbocycles. The van der Waals surface area contributed by atoms with Gasteiger partial charge in [-0.25, -0.2) is 9.37 Å². The SMILES string of the molecule is CNc1ncc(F)c(N2CCCC2C(N)=O)n1. The van der Waals surface area contributed by atoms with E-state index in [2.05, 4.69) is 15.3 Å². The molecule has 92 valence electrons. The smallest absolute Gasteiger partial charge is 0.240 e. The number of primary amides is 1. The summed E-state index contributed by atoms with van der Waals surface area (Å²) in [5, 5.41) is 2.73. The minimum atomic E-state index is -0.544. The number of aromatic nitrogens is 2. The highest BCUT2D eigenvalue weighted by molar-refractivity contribution is 5.84. The topological polar surface area (TPSA) is 84.1 Å². The number of nitrogens with one attached hydrogen (secondary N) is 1. The normalized spacial score (nSPS) is 19.4. The third-order valence-electron chi connectivity index (χ3n) is 2.80. The summed E-state index contributed by atoms with van der Waals surface area (Å²) in [5.41, 5.74) is 5.28. The number of carbonyl (C=O) groups excluding carboxylic acids is 1. The van der Waals surface area contributed by atoms with Gasteiger partial charge in [-0.15, -0.1) is 0 Å². The highest BCUT2D eigenvalue weighted by atomic mass is 19.1. The Balaban J connectivity index is 2.35.